The Morgan fingerprint density at radius 1 is 1.16 bits per heavy atom. The van der Waals surface area contributed by atoms with Gasteiger partial charge < -0.3 is 4.98 Å². The van der Waals surface area contributed by atoms with Gasteiger partial charge in [0.15, 0.2) is 5.78 Å². The first-order chi connectivity index (χ1) is 9.13. The van der Waals surface area contributed by atoms with Crippen LogP contribution >= 0.6 is 0 Å². The summed E-state index contributed by atoms with van der Waals surface area (Å²) in [6, 6.07) is 13.7. The molecular formula is C16H14N2O. The van der Waals surface area contributed by atoms with Gasteiger partial charge in [-0.3, -0.25) is 4.79 Å². The van der Waals surface area contributed by atoms with Gasteiger partial charge in [-0.05, 0) is 38.1 Å². The van der Waals surface area contributed by atoms with Gasteiger partial charge in [-0.2, -0.15) is 0 Å². The van der Waals surface area contributed by atoms with Gasteiger partial charge in [-0.15, -0.1) is 0 Å². The Kier molecular flexibility index (Phi) is 2.67. The Balaban J connectivity index is 2.14. The highest BCUT2D eigenvalue weighted by atomic mass is 16.1. The van der Waals surface area contributed by atoms with Gasteiger partial charge in [0.05, 0.1) is 11.0 Å². The SMILES string of the molecule is CC(=O)c1ccc2nc(-c3cccc(C)c3)[nH]c2c1. The van der Waals surface area contributed by atoms with E-state index in [0.717, 1.165) is 22.4 Å². The summed E-state index contributed by atoms with van der Waals surface area (Å²) < 4.78 is 0. The molecule has 3 rings (SSSR count). The van der Waals surface area contributed by atoms with E-state index < -0.39 is 0 Å². The normalized spacial score (nSPS) is 10.8. The molecule has 0 radical (unpaired) electrons. The lowest BCUT2D eigenvalue weighted by molar-refractivity contribution is 0.101. The van der Waals surface area contributed by atoms with Crippen LogP contribution in [0.5, 0.6) is 0 Å². The highest BCUT2D eigenvalue weighted by Gasteiger charge is 2.07. The average molecular weight is 250 g/mol. The van der Waals surface area contributed by atoms with Gasteiger partial charge in [0.1, 0.15) is 5.82 Å². The summed E-state index contributed by atoms with van der Waals surface area (Å²) in [6.07, 6.45) is 0. The van der Waals surface area contributed by atoms with Crippen molar-refractivity contribution in [3.8, 4) is 11.4 Å². The molecule has 0 amide bonds. The van der Waals surface area contributed by atoms with E-state index in [1.807, 2.05) is 30.3 Å². The van der Waals surface area contributed by atoms with Crippen molar-refractivity contribution in [2.75, 3.05) is 0 Å². The average Bonchev–Trinajstić information content (AvgIpc) is 2.81. The van der Waals surface area contributed by atoms with E-state index in [4.69, 9.17) is 0 Å². The molecule has 1 N–H and O–H groups in total. The summed E-state index contributed by atoms with van der Waals surface area (Å²) in [5, 5.41) is 0. The lowest BCUT2D eigenvalue weighted by atomic mass is 10.1. The Morgan fingerprint density at radius 2 is 2.00 bits per heavy atom. The number of Topliss-reactive ketones (excluding diaryl/α,β-unsaturated/α-hetero) is 1. The van der Waals surface area contributed by atoms with E-state index in [0.29, 0.717) is 5.56 Å². The van der Waals surface area contributed by atoms with Crippen molar-refractivity contribution in [3.63, 3.8) is 0 Å². The van der Waals surface area contributed by atoms with Crippen molar-refractivity contribution in [2.24, 2.45) is 0 Å². The molecule has 3 heteroatoms. The van der Waals surface area contributed by atoms with E-state index in [1.165, 1.54) is 5.56 Å². The Morgan fingerprint density at radius 3 is 2.74 bits per heavy atom. The Bertz CT molecular complexity index is 771. The second-order valence-corrected chi connectivity index (χ2v) is 4.74. The third-order valence-electron chi connectivity index (χ3n) is 3.18. The number of benzene rings is 2. The minimum Gasteiger partial charge on any atom is -0.338 e. The Hall–Kier alpha value is -2.42. The molecule has 0 fully saturated rings. The number of H-pyrrole nitrogens is 1. The third-order valence-corrected chi connectivity index (χ3v) is 3.18. The molecule has 0 atom stereocenters. The lowest BCUT2D eigenvalue weighted by Gasteiger charge is -1.97. The molecular weight excluding hydrogens is 236 g/mol. The van der Waals surface area contributed by atoms with E-state index in [9.17, 15) is 4.79 Å². The van der Waals surface area contributed by atoms with Gasteiger partial charge in [0.2, 0.25) is 0 Å². The molecule has 0 bridgehead atoms. The highest BCUT2D eigenvalue weighted by molar-refractivity contribution is 5.97. The fourth-order valence-electron chi connectivity index (χ4n) is 2.16. The molecule has 19 heavy (non-hydrogen) atoms. The quantitative estimate of drug-likeness (QED) is 0.704. The number of carbonyl (C=O) groups excluding carboxylic acids is 1. The van der Waals surface area contributed by atoms with E-state index >= 15 is 0 Å². The summed E-state index contributed by atoms with van der Waals surface area (Å²) in [4.78, 5) is 19.2. The number of aromatic amines is 1. The molecule has 0 aliphatic heterocycles. The molecule has 0 spiro atoms. The highest BCUT2D eigenvalue weighted by Crippen LogP contribution is 2.22. The van der Waals surface area contributed by atoms with Gasteiger partial charge in [-0.1, -0.05) is 23.8 Å². The summed E-state index contributed by atoms with van der Waals surface area (Å²) in [5.74, 6) is 0.896. The molecule has 0 aliphatic carbocycles. The number of nitrogens with zero attached hydrogens (tertiary/aromatic N) is 1. The molecule has 0 aliphatic rings. The smallest absolute Gasteiger partial charge is 0.159 e. The van der Waals surface area contributed by atoms with Crippen LogP contribution in [0.4, 0.5) is 0 Å². The fourth-order valence-corrected chi connectivity index (χ4v) is 2.16. The van der Waals surface area contributed by atoms with Crippen molar-refractivity contribution in [1.82, 2.24) is 9.97 Å². The minimum atomic E-state index is 0.0635. The standard InChI is InChI=1S/C16H14N2O/c1-10-4-3-5-13(8-10)16-17-14-7-6-12(11(2)19)9-15(14)18-16/h3-9H,1-2H3,(H,17,18). The van der Waals surface area contributed by atoms with Crippen molar-refractivity contribution < 1.29 is 4.79 Å². The number of ketones is 1. The fraction of sp³-hybridized carbons (Fsp3) is 0.125. The zero-order valence-electron chi connectivity index (χ0n) is 10.9. The molecule has 3 aromatic rings. The minimum absolute atomic E-state index is 0.0635. The molecule has 0 unspecified atom stereocenters. The first kappa shape index (κ1) is 11.7. The van der Waals surface area contributed by atoms with Gasteiger partial charge in [0.25, 0.3) is 0 Å². The van der Waals surface area contributed by atoms with E-state index in [-0.39, 0.29) is 5.78 Å². The van der Waals surface area contributed by atoms with Gasteiger partial charge in [0, 0.05) is 11.1 Å². The number of aromatic nitrogens is 2. The van der Waals surface area contributed by atoms with Crippen LogP contribution in [0.2, 0.25) is 0 Å². The Labute approximate surface area is 111 Å². The van der Waals surface area contributed by atoms with Crippen molar-refractivity contribution in [3.05, 3.63) is 53.6 Å². The van der Waals surface area contributed by atoms with Crippen LogP contribution in [0, 0.1) is 6.92 Å². The van der Waals surface area contributed by atoms with Crippen LogP contribution < -0.4 is 0 Å². The number of carbonyl (C=O) groups is 1. The number of hydrogen-bond donors (Lipinski definition) is 1. The first-order valence-corrected chi connectivity index (χ1v) is 6.21. The largest absolute Gasteiger partial charge is 0.338 e. The second-order valence-electron chi connectivity index (χ2n) is 4.74. The van der Waals surface area contributed by atoms with Crippen LogP contribution in [0.3, 0.4) is 0 Å². The monoisotopic (exact) mass is 250 g/mol. The predicted octanol–water partition coefficient (Wildman–Crippen LogP) is 3.74. The van der Waals surface area contributed by atoms with Crippen molar-refractivity contribution in [2.45, 2.75) is 13.8 Å². The van der Waals surface area contributed by atoms with Crippen LogP contribution in [0.25, 0.3) is 22.4 Å². The summed E-state index contributed by atoms with van der Waals surface area (Å²) in [6.45, 7) is 3.62. The molecule has 0 saturated heterocycles. The zero-order chi connectivity index (χ0) is 13.4. The topological polar surface area (TPSA) is 45.8 Å². The van der Waals surface area contributed by atoms with Crippen LogP contribution in [-0.4, -0.2) is 15.8 Å². The molecule has 1 aromatic heterocycles. The summed E-state index contributed by atoms with van der Waals surface area (Å²) in [5.41, 5.74) is 4.72. The number of imidazole rings is 1. The van der Waals surface area contributed by atoms with Crippen LogP contribution in [0.1, 0.15) is 22.8 Å². The summed E-state index contributed by atoms with van der Waals surface area (Å²) in [7, 11) is 0. The molecule has 0 saturated carbocycles. The van der Waals surface area contributed by atoms with E-state index in [2.05, 4.69) is 29.0 Å². The molecule has 2 aromatic carbocycles. The number of aryl methyl sites for hydroxylation is 1. The first-order valence-electron chi connectivity index (χ1n) is 6.21. The maximum atomic E-state index is 11.4. The van der Waals surface area contributed by atoms with E-state index in [1.54, 1.807) is 6.92 Å². The maximum absolute atomic E-state index is 11.4. The molecule has 3 nitrogen and oxygen atoms in total. The van der Waals surface area contributed by atoms with Gasteiger partial charge >= 0.3 is 0 Å². The van der Waals surface area contributed by atoms with Crippen LogP contribution in [-0.2, 0) is 0 Å². The number of fused-ring (bicyclic) bond motifs is 1. The van der Waals surface area contributed by atoms with Gasteiger partial charge in [-0.25, -0.2) is 4.98 Å². The number of rotatable bonds is 2. The lowest BCUT2D eigenvalue weighted by Crippen LogP contribution is -1.90. The zero-order valence-corrected chi connectivity index (χ0v) is 10.9. The third kappa shape index (κ3) is 2.15. The maximum Gasteiger partial charge on any atom is 0.159 e. The number of nitrogens with one attached hydrogen (secondary N) is 1. The number of hydrogen-bond acceptors (Lipinski definition) is 2. The molecule has 1 heterocycles. The second kappa shape index (κ2) is 4.35. The predicted molar refractivity (Wildman–Crippen MR) is 76.3 cm³/mol. The van der Waals surface area contributed by atoms with Crippen LogP contribution in [0.15, 0.2) is 42.5 Å². The van der Waals surface area contributed by atoms with Crippen molar-refractivity contribution >= 4 is 16.8 Å². The summed E-state index contributed by atoms with van der Waals surface area (Å²) >= 11 is 0. The van der Waals surface area contributed by atoms with Crippen molar-refractivity contribution in [1.29, 1.82) is 0 Å². The molecule has 94 valence electrons.